The average Bonchev–Trinajstić information content (AvgIpc) is 3.30. The van der Waals surface area contributed by atoms with Crippen molar-refractivity contribution in [2.24, 2.45) is 11.0 Å². The summed E-state index contributed by atoms with van der Waals surface area (Å²) in [6.45, 7) is 5.82. The van der Waals surface area contributed by atoms with E-state index in [0.717, 1.165) is 41.0 Å². The molecule has 0 radical (unpaired) electrons. The third-order valence-electron chi connectivity index (χ3n) is 6.52. The molecule has 0 saturated heterocycles. The first-order valence-electron chi connectivity index (χ1n) is 13.2. The SMILES string of the molecule is CCOC(=O)c1c(NC(=O)c2ccc(O[C@H](C)C(=O)N/N=C\c3ccc(OC)cc3)cc2)sc2c1CC[C@H](C)C2. The van der Waals surface area contributed by atoms with Crippen LogP contribution in [-0.4, -0.2) is 43.8 Å². The number of methoxy groups -OCH3 is 1. The number of hydrogen-bond donors (Lipinski definition) is 2. The molecule has 1 heterocycles. The van der Waals surface area contributed by atoms with Gasteiger partial charge >= 0.3 is 5.97 Å². The van der Waals surface area contributed by atoms with Gasteiger partial charge < -0.3 is 19.5 Å². The first-order chi connectivity index (χ1) is 19.3. The van der Waals surface area contributed by atoms with Crippen molar-refractivity contribution in [1.29, 1.82) is 0 Å². The second-order valence-corrected chi connectivity index (χ2v) is 10.6. The minimum absolute atomic E-state index is 0.264. The number of benzene rings is 2. The van der Waals surface area contributed by atoms with Crippen LogP contribution in [0.15, 0.2) is 53.6 Å². The van der Waals surface area contributed by atoms with Crippen LogP contribution in [-0.2, 0) is 22.4 Å². The molecular formula is C30H33N3O6S. The zero-order valence-corrected chi connectivity index (χ0v) is 23.8. The van der Waals surface area contributed by atoms with Gasteiger partial charge in [-0.05, 0) is 98.7 Å². The molecule has 2 aromatic carbocycles. The molecule has 10 heteroatoms. The highest BCUT2D eigenvalue weighted by molar-refractivity contribution is 7.17. The minimum atomic E-state index is -0.820. The van der Waals surface area contributed by atoms with Crippen molar-refractivity contribution in [2.45, 2.75) is 46.1 Å². The van der Waals surface area contributed by atoms with Crippen molar-refractivity contribution in [2.75, 3.05) is 19.0 Å². The van der Waals surface area contributed by atoms with Gasteiger partial charge in [0.1, 0.15) is 16.5 Å². The maximum Gasteiger partial charge on any atom is 0.341 e. The lowest BCUT2D eigenvalue weighted by Crippen LogP contribution is -2.33. The highest BCUT2D eigenvalue weighted by Gasteiger charge is 2.29. The summed E-state index contributed by atoms with van der Waals surface area (Å²) in [6.07, 6.45) is 3.38. The number of nitrogens with zero attached hydrogens (tertiary/aromatic N) is 1. The number of rotatable bonds is 10. The van der Waals surface area contributed by atoms with E-state index in [9.17, 15) is 14.4 Å². The van der Waals surface area contributed by atoms with Gasteiger partial charge in [-0.25, -0.2) is 10.2 Å². The summed E-state index contributed by atoms with van der Waals surface area (Å²) in [6, 6.07) is 13.7. The van der Waals surface area contributed by atoms with Crippen molar-refractivity contribution in [3.8, 4) is 11.5 Å². The smallest absolute Gasteiger partial charge is 0.341 e. The van der Waals surface area contributed by atoms with Crippen molar-refractivity contribution < 1.29 is 28.6 Å². The van der Waals surface area contributed by atoms with Crippen LogP contribution in [0.3, 0.4) is 0 Å². The van der Waals surface area contributed by atoms with Crippen LogP contribution in [0.4, 0.5) is 5.00 Å². The molecule has 0 bridgehead atoms. The number of carbonyl (C=O) groups is 3. The Labute approximate surface area is 237 Å². The Morgan fingerprint density at radius 3 is 2.48 bits per heavy atom. The normalized spacial score (nSPS) is 15.2. The number of thiophene rings is 1. The van der Waals surface area contributed by atoms with Crippen LogP contribution in [0.1, 0.15) is 63.9 Å². The molecule has 0 unspecified atom stereocenters. The second kappa shape index (κ2) is 13.3. The van der Waals surface area contributed by atoms with E-state index >= 15 is 0 Å². The molecule has 1 aliphatic rings. The molecular weight excluding hydrogens is 530 g/mol. The predicted molar refractivity (Wildman–Crippen MR) is 155 cm³/mol. The van der Waals surface area contributed by atoms with Crippen LogP contribution in [0, 0.1) is 5.92 Å². The van der Waals surface area contributed by atoms with E-state index in [1.54, 1.807) is 57.4 Å². The number of hydrogen-bond acceptors (Lipinski definition) is 8. The second-order valence-electron chi connectivity index (χ2n) is 9.52. The van der Waals surface area contributed by atoms with Gasteiger partial charge in [0.15, 0.2) is 6.10 Å². The molecule has 1 aromatic heterocycles. The van der Waals surface area contributed by atoms with Crippen LogP contribution in [0.5, 0.6) is 11.5 Å². The minimum Gasteiger partial charge on any atom is -0.497 e. The monoisotopic (exact) mass is 563 g/mol. The summed E-state index contributed by atoms with van der Waals surface area (Å²) in [5, 5.41) is 7.39. The molecule has 0 fully saturated rings. The molecule has 210 valence electrons. The molecule has 9 nitrogen and oxygen atoms in total. The molecule has 2 atom stereocenters. The van der Waals surface area contributed by atoms with Crippen molar-refractivity contribution >= 4 is 40.3 Å². The summed E-state index contributed by atoms with van der Waals surface area (Å²) >= 11 is 1.45. The number of fused-ring (bicyclic) bond motifs is 1. The zero-order valence-electron chi connectivity index (χ0n) is 23.0. The topological polar surface area (TPSA) is 115 Å². The fraction of sp³-hybridized carbons (Fsp3) is 0.333. The Bertz CT molecular complexity index is 1380. The van der Waals surface area contributed by atoms with Gasteiger partial charge in [-0.1, -0.05) is 6.92 Å². The van der Waals surface area contributed by atoms with Crippen LogP contribution in [0.2, 0.25) is 0 Å². The van der Waals surface area contributed by atoms with Gasteiger partial charge in [0, 0.05) is 10.4 Å². The zero-order chi connectivity index (χ0) is 28.6. The molecule has 40 heavy (non-hydrogen) atoms. The van der Waals surface area contributed by atoms with Gasteiger partial charge in [0.2, 0.25) is 0 Å². The molecule has 0 spiro atoms. The van der Waals surface area contributed by atoms with Gasteiger partial charge in [-0.3, -0.25) is 9.59 Å². The highest BCUT2D eigenvalue weighted by Crippen LogP contribution is 2.40. The van der Waals surface area contributed by atoms with E-state index in [1.165, 1.54) is 17.6 Å². The Hall–Kier alpha value is -4.18. The van der Waals surface area contributed by atoms with E-state index in [-0.39, 0.29) is 12.5 Å². The van der Waals surface area contributed by atoms with Gasteiger partial charge in [0.25, 0.3) is 11.8 Å². The number of hydrazone groups is 1. The maximum atomic E-state index is 13.1. The van der Waals surface area contributed by atoms with Crippen molar-refractivity contribution in [3.05, 3.63) is 75.7 Å². The summed E-state index contributed by atoms with van der Waals surface area (Å²) in [4.78, 5) is 39.3. The first-order valence-corrected chi connectivity index (χ1v) is 14.0. The number of amides is 2. The highest BCUT2D eigenvalue weighted by atomic mass is 32.1. The van der Waals surface area contributed by atoms with E-state index < -0.39 is 18.0 Å². The maximum absolute atomic E-state index is 13.1. The summed E-state index contributed by atoms with van der Waals surface area (Å²) in [5.74, 6) is 0.506. The van der Waals surface area contributed by atoms with Crippen LogP contribution >= 0.6 is 11.3 Å². The standard InChI is InChI=1S/C30H33N3O6S/c1-5-38-30(36)26-24-15-6-18(2)16-25(24)40-29(26)32-28(35)21-9-13-23(14-10-21)39-19(3)27(34)33-31-17-20-7-11-22(37-4)12-8-20/h7-14,17-19H,5-6,15-16H2,1-4H3,(H,32,35)(H,33,34)/b31-17-/t18-,19+/m0/s1. The molecule has 2 amide bonds. The largest absolute Gasteiger partial charge is 0.497 e. The molecule has 2 N–H and O–H groups in total. The lowest BCUT2D eigenvalue weighted by Gasteiger charge is -2.18. The Morgan fingerprint density at radius 1 is 1.10 bits per heavy atom. The first kappa shape index (κ1) is 28.8. The van der Waals surface area contributed by atoms with E-state index in [1.807, 2.05) is 12.1 Å². The summed E-state index contributed by atoms with van der Waals surface area (Å²) in [5.41, 5.74) is 5.11. The average molecular weight is 564 g/mol. The Morgan fingerprint density at radius 2 is 1.80 bits per heavy atom. The fourth-order valence-electron chi connectivity index (χ4n) is 4.33. The number of carbonyl (C=O) groups excluding carboxylic acids is 3. The van der Waals surface area contributed by atoms with Gasteiger partial charge in [0.05, 0.1) is 25.5 Å². The third kappa shape index (κ3) is 7.06. The molecule has 4 rings (SSSR count). The lowest BCUT2D eigenvalue weighted by atomic mass is 9.88. The number of anilines is 1. The van der Waals surface area contributed by atoms with Crippen LogP contribution < -0.4 is 20.2 Å². The lowest BCUT2D eigenvalue weighted by molar-refractivity contribution is -0.127. The van der Waals surface area contributed by atoms with E-state index in [4.69, 9.17) is 14.2 Å². The Balaban J connectivity index is 1.36. The fourth-order valence-corrected chi connectivity index (χ4v) is 5.72. The van der Waals surface area contributed by atoms with E-state index in [0.29, 0.717) is 27.8 Å². The summed E-state index contributed by atoms with van der Waals surface area (Å²) in [7, 11) is 1.59. The quantitative estimate of drug-likeness (QED) is 0.198. The van der Waals surface area contributed by atoms with Gasteiger partial charge in [-0.2, -0.15) is 5.10 Å². The van der Waals surface area contributed by atoms with Crippen molar-refractivity contribution in [1.82, 2.24) is 5.43 Å². The number of ether oxygens (including phenoxy) is 3. The molecule has 0 saturated carbocycles. The van der Waals surface area contributed by atoms with Crippen LogP contribution in [0.25, 0.3) is 0 Å². The number of nitrogens with one attached hydrogen (secondary N) is 2. The molecule has 3 aromatic rings. The summed E-state index contributed by atoms with van der Waals surface area (Å²) < 4.78 is 16.1. The Kier molecular flexibility index (Phi) is 9.55. The van der Waals surface area contributed by atoms with Gasteiger partial charge in [-0.15, -0.1) is 11.3 Å². The number of esters is 1. The third-order valence-corrected chi connectivity index (χ3v) is 7.69. The van der Waals surface area contributed by atoms with Crippen molar-refractivity contribution in [3.63, 3.8) is 0 Å². The predicted octanol–water partition coefficient (Wildman–Crippen LogP) is 5.23. The van der Waals surface area contributed by atoms with E-state index in [2.05, 4.69) is 22.8 Å². The molecule has 1 aliphatic carbocycles. The molecule has 0 aliphatic heterocycles.